The smallest absolute Gasteiger partial charge is 0.339 e. The molecule has 3 N–H and O–H groups in total. The van der Waals surface area contributed by atoms with Crippen LogP contribution in [0.3, 0.4) is 0 Å². The molecule has 81 heavy (non-hydrogen) atoms. The highest BCUT2D eigenvalue weighted by Crippen LogP contribution is 2.89. The lowest BCUT2D eigenvalue weighted by atomic mass is 9.27. The van der Waals surface area contributed by atoms with Crippen molar-refractivity contribution in [3.63, 3.8) is 0 Å². The number of nitrogens with zero attached hydrogens (tertiary/aromatic N) is 2. The van der Waals surface area contributed by atoms with E-state index in [9.17, 15) is 5.11 Å². The molecule has 7 saturated carbocycles. The monoisotopic (exact) mass is 1100 g/mol. The van der Waals surface area contributed by atoms with Crippen LogP contribution in [0.25, 0.3) is 0 Å². The number of carbonyl (C=O) groups excluding carboxylic acids is 2. The third-order valence-electron chi connectivity index (χ3n) is 29.8. The number of ether oxygens (including phenoxy) is 2. The van der Waals surface area contributed by atoms with E-state index in [0.717, 1.165) is 61.4 Å². The van der Waals surface area contributed by atoms with Gasteiger partial charge in [-0.2, -0.15) is 0 Å². The molecule has 1 aromatic rings. The number of allylic oxidation sites excluding steroid dienone is 4. The number of benzene rings is 1. The Bertz CT molecular complexity index is 2940. The predicted octanol–water partition coefficient (Wildman–Crippen LogP) is 15.1. The van der Waals surface area contributed by atoms with Crippen LogP contribution in [0.15, 0.2) is 64.3 Å². The van der Waals surface area contributed by atoms with Crippen molar-refractivity contribution in [2.45, 2.75) is 236 Å². The van der Waals surface area contributed by atoms with Gasteiger partial charge in [0, 0.05) is 61.2 Å². The molecule has 12 bridgehead atoms. The molecule has 9 heterocycles. The standard InChI is InChI=1S/C73H97N3O5/c74-33-12-19-47-18-11-20-56-61(47)66(78)81-73(56)60-37-48(45-14-3-1-4-15-45)21-22-49-35-55-54(46-16-5-2-6-17-46)36-50-23-24-57-51-34-44-41-75(43-51)58(52-39-69(28-9-10-29-69)70(40-52)31-13-30-68(70)26-7-8-27-68)38-59(77)65-71(73)32-25-53(62(55)64(50)76(57)42-44)63(49)72(60,71)67(79)80-65/h11,18,20-22,44-46,48-49,51-52,54-55,57-58,60,62,77H,1-10,12-17,19,23-43,74H2/b22-21-,65-59+/t44-,48-,49+,51+,52+,54-,55+,57-,58-,60+,62+,70+,71-,72-,73-/m1/s1. The van der Waals surface area contributed by atoms with Gasteiger partial charge in [-0.1, -0.05) is 125 Å². The molecule has 6 spiro atoms. The minimum absolute atomic E-state index is 0.114. The number of piperidine rings is 2. The topological polar surface area (TPSA) is 105 Å². The van der Waals surface area contributed by atoms with Crippen molar-refractivity contribution in [1.29, 1.82) is 0 Å². The number of nitrogens with two attached hydrogens (primary N) is 1. The zero-order valence-electron chi connectivity index (χ0n) is 49.3. The third kappa shape index (κ3) is 6.33. The van der Waals surface area contributed by atoms with Crippen LogP contribution in [0.4, 0.5) is 0 Å². The van der Waals surface area contributed by atoms with Crippen LogP contribution < -0.4 is 5.73 Å². The number of carbonyl (C=O) groups is 2. The van der Waals surface area contributed by atoms with Crippen molar-refractivity contribution in [3.8, 4) is 0 Å². The first-order valence-electron chi connectivity index (χ1n) is 35.0. The number of rotatable bonds is 6. The van der Waals surface area contributed by atoms with E-state index in [2.05, 4.69) is 40.2 Å². The van der Waals surface area contributed by atoms with E-state index in [1.807, 2.05) is 0 Å². The minimum Gasteiger partial charge on any atom is -0.509 e. The number of aryl methyl sites for hydroxylation is 1. The largest absolute Gasteiger partial charge is 0.509 e. The summed E-state index contributed by atoms with van der Waals surface area (Å²) in [4.78, 5) is 38.7. The molecule has 8 heteroatoms. The first-order valence-corrected chi connectivity index (χ1v) is 35.0. The second-order valence-electron chi connectivity index (χ2n) is 32.1. The molecule has 8 nitrogen and oxygen atoms in total. The minimum atomic E-state index is -1.14. The fourth-order valence-electron chi connectivity index (χ4n) is 27.6. The second kappa shape index (κ2) is 18.1. The van der Waals surface area contributed by atoms with Crippen LogP contribution in [0.1, 0.15) is 233 Å². The lowest BCUT2D eigenvalue weighted by Crippen LogP contribution is -2.78. The Hall–Kier alpha value is -3.36. The first kappa shape index (κ1) is 50.9. The summed E-state index contributed by atoms with van der Waals surface area (Å²) in [5.74, 6) is 5.16. The van der Waals surface area contributed by atoms with E-state index in [-0.39, 0.29) is 35.7 Å². The highest BCUT2D eigenvalue weighted by Gasteiger charge is 2.94. The van der Waals surface area contributed by atoms with E-state index in [1.165, 1.54) is 185 Å². The number of esters is 2. The molecule has 16 atom stereocenters. The molecule has 9 aliphatic heterocycles. The van der Waals surface area contributed by atoms with Gasteiger partial charge in [0.05, 0.1) is 11.0 Å². The van der Waals surface area contributed by atoms with E-state index in [0.29, 0.717) is 101 Å². The Morgan fingerprint density at radius 2 is 1.47 bits per heavy atom. The summed E-state index contributed by atoms with van der Waals surface area (Å²) in [5, 5.41) is 14.2. The van der Waals surface area contributed by atoms with E-state index in [1.54, 1.807) is 16.8 Å². The summed E-state index contributed by atoms with van der Waals surface area (Å²) in [6.07, 6.45) is 47.2. The maximum absolute atomic E-state index is 17.0. The van der Waals surface area contributed by atoms with E-state index < -0.39 is 16.4 Å². The van der Waals surface area contributed by atoms with Gasteiger partial charge in [-0.15, -0.1) is 0 Å². The Morgan fingerprint density at radius 3 is 2.27 bits per heavy atom. The van der Waals surface area contributed by atoms with Crippen molar-refractivity contribution in [2.24, 2.45) is 97.9 Å². The number of hydrogen-bond donors (Lipinski definition) is 2. The van der Waals surface area contributed by atoms with Gasteiger partial charge < -0.3 is 25.2 Å². The van der Waals surface area contributed by atoms with Crippen LogP contribution in [0.2, 0.25) is 0 Å². The van der Waals surface area contributed by atoms with Gasteiger partial charge in [-0.05, 0) is 216 Å². The van der Waals surface area contributed by atoms with Gasteiger partial charge in [-0.25, -0.2) is 4.79 Å². The van der Waals surface area contributed by atoms with Gasteiger partial charge in [0.2, 0.25) is 0 Å². The summed E-state index contributed by atoms with van der Waals surface area (Å²) >= 11 is 0. The van der Waals surface area contributed by atoms with Crippen molar-refractivity contribution in [3.05, 3.63) is 81.0 Å². The van der Waals surface area contributed by atoms with Crippen molar-refractivity contribution in [1.82, 2.24) is 9.80 Å². The third-order valence-corrected chi connectivity index (χ3v) is 29.8. The molecular weight excluding hydrogens is 999 g/mol. The van der Waals surface area contributed by atoms with E-state index >= 15 is 9.59 Å². The van der Waals surface area contributed by atoms with Crippen molar-refractivity contribution in [2.75, 3.05) is 26.2 Å². The predicted molar refractivity (Wildman–Crippen MR) is 314 cm³/mol. The quantitative estimate of drug-likeness (QED) is 0.214. The Labute approximate surface area is 484 Å². The number of aliphatic hydroxyl groups excluding tert-OH is 1. The zero-order chi connectivity index (χ0) is 53.8. The number of hydrogen-bond acceptors (Lipinski definition) is 8. The van der Waals surface area contributed by atoms with Crippen LogP contribution in [-0.4, -0.2) is 65.1 Å². The van der Waals surface area contributed by atoms with E-state index in [4.69, 9.17) is 15.2 Å². The summed E-state index contributed by atoms with van der Waals surface area (Å²) in [6.45, 7) is 3.96. The Morgan fingerprint density at radius 1 is 0.691 bits per heavy atom. The highest BCUT2D eigenvalue weighted by molar-refractivity contribution is 6.00. The molecule has 0 amide bonds. The molecule has 1 aromatic carbocycles. The fraction of sp³-hybridized carbons (Fsp3) is 0.781. The highest BCUT2D eigenvalue weighted by atomic mass is 16.6. The van der Waals surface area contributed by atoms with Crippen molar-refractivity contribution >= 4 is 11.9 Å². The van der Waals surface area contributed by atoms with Gasteiger partial charge >= 0.3 is 11.9 Å². The summed E-state index contributed by atoms with van der Waals surface area (Å²) in [7, 11) is 0. The summed E-state index contributed by atoms with van der Waals surface area (Å²) in [6, 6.07) is 7.29. The summed E-state index contributed by atoms with van der Waals surface area (Å²) in [5.41, 5.74) is 13.6. The molecule has 434 valence electrons. The van der Waals surface area contributed by atoms with Crippen LogP contribution in [0, 0.1) is 92.2 Å². The van der Waals surface area contributed by atoms with Crippen molar-refractivity contribution < 1.29 is 24.2 Å². The van der Waals surface area contributed by atoms with Crippen LogP contribution in [0.5, 0.6) is 0 Å². The molecule has 1 unspecified atom stereocenters. The maximum Gasteiger partial charge on any atom is 0.339 e. The Balaban J connectivity index is 0.887. The molecule has 0 radical (unpaired) electrons. The normalized spacial score (nSPS) is 47.1. The lowest BCUT2D eigenvalue weighted by molar-refractivity contribution is -0.282. The molecule has 21 rings (SSSR count). The van der Waals surface area contributed by atoms with Gasteiger partial charge in [0.1, 0.15) is 11.2 Å². The Kier molecular flexibility index (Phi) is 11.4. The number of fused-ring (bicyclic) bond motifs is 5. The van der Waals surface area contributed by atoms with Gasteiger partial charge in [0.25, 0.3) is 0 Å². The van der Waals surface area contributed by atoms with Gasteiger partial charge in [-0.3, -0.25) is 9.69 Å². The average Bonchev–Trinajstić information content (AvgIpc) is 1.59. The molecular formula is C73H97N3O5. The SMILES string of the molecule is NCCCc1cccc2c1C(=O)O[C@@]21[C@H]2C[C@H](C3CCCCC3)/C=C\[C@H]3C[C@@H]4[C@@H]5C6=C3[C@@]23C(=O)O/C(=C(/O)C[C@H]([C@H]2CC7(CCCC7)[C@@]7(CCCC78CCCC8)C2)N2C[C@H]7C[C@@H](C2)[C@H]2CCC(=C5N2C7)C[C@@H]4C2CCCCC2)[C@]31CC6. The number of aliphatic hydroxyl groups is 1. The molecule has 10 fully saturated rings. The molecule has 20 aliphatic rings. The maximum atomic E-state index is 17.0. The lowest BCUT2D eigenvalue weighted by Gasteiger charge is -2.73. The average molecular weight is 1100 g/mol. The molecule has 11 aliphatic carbocycles. The molecule has 0 aromatic heterocycles. The van der Waals surface area contributed by atoms with Crippen LogP contribution >= 0.6 is 0 Å². The molecule has 3 saturated heterocycles. The first-order chi connectivity index (χ1) is 39.7. The zero-order valence-corrected chi connectivity index (χ0v) is 49.3. The fourth-order valence-corrected chi connectivity index (χ4v) is 27.6. The summed E-state index contributed by atoms with van der Waals surface area (Å²) < 4.78 is 15.0. The van der Waals surface area contributed by atoms with Crippen LogP contribution in [-0.2, 0) is 26.3 Å². The second-order valence-corrected chi connectivity index (χ2v) is 32.1. The van der Waals surface area contributed by atoms with Gasteiger partial charge in [0.15, 0.2) is 11.4 Å².